The second kappa shape index (κ2) is 3.23. The van der Waals surface area contributed by atoms with Crippen LogP contribution in [0, 0.1) is 19.7 Å². The number of aryl methyl sites for hydroxylation is 2. The van der Waals surface area contributed by atoms with E-state index in [1.807, 2.05) is 6.92 Å². The summed E-state index contributed by atoms with van der Waals surface area (Å²) in [5.74, 6) is -0.296. The summed E-state index contributed by atoms with van der Waals surface area (Å²) in [6.07, 6.45) is -0.733. The summed E-state index contributed by atoms with van der Waals surface area (Å²) in [5.41, 5.74) is 1.95. The van der Waals surface area contributed by atoms with Gasteiger partial charge in [-0.2, -0.15) is 0 Å². The first kappa shape index (κ1) is 9.20. The largest absolute Gasteiger partial charge is 0.389 e. The molecule has 12 heavy (non-hydrogen) atoms. The molecule has 66 valence electrons. The van der Waals surface area contributed by atoms with Gasteiger partial charge in [0.2, 0.25) is 0 Å². The number of halogens is 1. The van der Waals surface area contributed by atoms with Crippen LogP contribution in [0.3, 0.4) is 0 Å². The molecule has 0 spiro atoms. The molecule has 1 aromatic carbocycles. The average molecular weight is 168 g/mol. The number of rotatable bonds is 1. The van der Waals surface area contributed by atoms with Crippen LogP contribution in [-0.2, 0) is 0 Å². The number of aliphatic hydroxyl groups is 1. The lowest BCUT2D eigenvalue weighted by Crippen LogP contribution is -1.98. The number of aliphatic hydroxyl groups excluding tert-OH is 1. The van der Waals surface area contributed by atoms with Crippen molar-refractivity contribution in [3.05, 3.63) is 34.6 Å². The topological polar surface area (TPSA) is 20.2 Å². The SMILES string of the molecule is Cc1cc(C)c(F)c(C(C)O)c1. The van der Waals surface area contributed by atoms with E-state index in [0.29, 0.717) is 11.1 Å². The van der Waals surface area contributed by atoms with Crippen LogP contribution in [0.2, 0.25) is 0 Å². The molecule has 0 saturated carbocycles. The molecule has 0 aliphatic carbocycles. The summed E-state index contributed by atoms with van der Waals surface area (Å²) in [6.45, 7) is 5.16. The van der Waals surface area contributed by atoms with Gasteiger partial charge >= 0.3 is 0 Å². The highest BCUT2D eigenvalue weighted by atomic mass is 19.1. The van der Waals surface area contributed by atoms with Gasteiger partial charge in [0.05, 0.1) is 6.10 Å². The van der Waals surface area contributed by atoms with Crippen molar-refractivity contribution in [2.45, 2.75) is 26.9 Å². The van der Waals surface area contributed by atoms with Gasteiger partial charge in [-0.05, 0) is 26.3 Å². The molecule has 0 heterocycles. The molecule has 0 fully saturated rings. The second-order valence-electron chi connectivity index (χ2n) is 3.16. The maximum absolute atomic E-state index is 13.3. The molecule has 2 heteroatoms. The highest BCUT2D eigenvalue weighted by Gasteiger charge is 2.10. The van der Waals surface area contributed by atoms with Crippen LogP contribution in [0.25, 0.3) is 0 Å². The van der Waals surface area contributed by atoms with Crippen molar-refractivity contribution in [2.75, 3.05) is 0 Å². The molecule has 1 rings (SSSR count). The Morgan fingerprint density at radius 3 is 2.42 bits per heavy atom. The van der Waals surface area contributed by atoms with E-state index in [9.17, 15) is 9.50 Å². The minimum Gasteiger partial charge on any atom is -0.389 e. The lowest BCUT2D eigenvalue weighted by Gasteiger charge is -2.09. The maximum Gasteiger partial charge on any atom is 0.131 e. The van der Waals surface area contributed by atoms with Gasteiger partial charge in [0, 0.05) is 5.56 Å². The van der Waals surface area contributed by atoms with E-state index in [4.69, 9.17) is 0 Å². The molecule has 0 bridgehead atoms. The van der Waals surface area contributed by atoms with Crippen molar-refractivity contribution in [1.29, 1.82) is 0 Å². The van der Waals surface area contributed by atoms with Crippen LogP contribution in [0.1, 0.15) is 29.7 Å². The van der Waals surface area contributed by atoms with E-state index in [2.05, 4.69) is 0 Å². The third-order valence-electron chi connectivity index (χ3n) is 1.88. The predicted octanol–water partition coefficient (Wildman–Crippen LogP) is 2.50. The van der Waals surface area contributed by atoms with Gasteiger partial charge in [0.15, 0.2) is 0 Å². The fourth-order valence-corrected chi connectivity index (χ4v) is 1.29. The molecule has 0 aromatic heterocycles. The number of hydrogen-bond acceptors (Lipinski definition) is 1. The Morgan fingerprint density at radius 1 is 1.33 bits per heavy atom. The summed E-state index contributed by atoms with van der Waals surface area (Å²) in [7, 11) is 0. The Bertz CT molecular complexity index is 292. The first-order valence-corrected chi connectivity index (χ1v) is 3.97. The van der Waals surface area contributed by atoms with Gasteiger partial charge < -0.3 is 5.11 Å². The number of benzene rings is 1. The Hall–Kier alpha value is -0.890. The van der Waals surface area contributed by atoms with Gasteiger partial charge in [-0.15, -0.1) is 0 Å². The van der Waals surface area contributed by atoms with Crippen molar-refractivity contribution in [2.24, 2.45) is 0 Å². The molecule has 0 amide bonds. The summed E-state index contributed by atoms with van der Waals surface area (Å²) < 4.78 is 13.3. The third kappa shape index (κ3) is 1.64. The predicted molar refractivity (Wildman–Crippen MR) is 46.5 cm³/mol. The zero-order chi connectivity index (χ0) is 9.30. The first-order valence-electron chi connectivity index (χ1n) is 3.97. The Labute approximate surface area is 71.9 Å². The van der Waals surface area contributed by atoms with Crippen LogP contribution < -0.4 is 0 Å². The van der Waals surface area contributed by atoms with E-state index in [-0.39, 0.29) is 5.82 Å². The monoisotopic (exact) mass is 168 g/mol. The van der Waals surface area contributed by atoms with Gasteiger partial charge in [0.1, 0.15) is 5.82 Å². The molecule has 0 saturated heterocycles. The second-order valence-corrected chi connectivity index (χ2v) is 3.16. The standard InChI is InChI=1S/C10H13FO/c1-6-4-7(2)10(11)9(5-6)8(3)12/h4-5,8,12H,1-3H3. The van der Waals surface area contributed by atoms with Gasteiger partial charge in [0.25, 0.3) is 0 Å². The molecule has 1 atom stereocenters. The van der Waals surface area contributed by atoms with Crippen molar-refractivity contribution in [1.82, 2.24) is 0 Å². The van der Waals surface area contributed by atoms with Crippen molar-refractivity contribution < 1.29 is 9.50 Å². The van der Waals surface area contributed by atoms with Crippen LogP contribution in [0.4, 0.5) is 4.39 Å². The minimum atomic E-state index is -0.733. The molecule has 0 aliphatic heterocycles. The van der Waals surface area contributed by atoms with E-state index in [1.165, 1.54) is 0 Å². The lowest BCUT2D eigenvalue weighted by molar-refractivity contribution is 0.194. The molecular formula is C10H13FO. The normalized spacial score (nSPS) is 13.1. The van der Waals surface area contributed by atoms with E-state index < -0.39 is 6.10 Å². The van der Waals surface area contributed by atoms with Crippen LogP contribution in [0.5, 0.6) is 0 Å². The zero-order valence-corrected chi connectivity index (χ0v) is 7.56. The smallest absolute Gasteiger partial charge is 0.131 e. The van der Waals surface area contributed by atoms with Crippen LogP contribution in [0.15, 0.2) is 12.1 Å². The first-order chi connectivity index (χ1) is 5.52. The summed E-state index contributed by atoms with van der Waals surface area (Å²) >= 11 is 0. The molecule has 0 aliphatic rings. The highest BCUT2D eigenvalue weighted by molar-refractivity contribution is 5.31. The lowest BCUT2D eigenvalue weighted by atomic mass is 10.0. The fourth-order valence-electron chi connectivity index (χ4n) is 1.29. The molecule has 1 unspecified atom stereocenters. The molecular weight excluding hydrogens is 155 g/mol. The maximum atomic E-state index is 13.3. The average Bonchev–Trinajstić information content (AvgIpc) is 1.96. The minimum absolute atomic E-state index is 0.296. The van der Waals surface area contributed by atoms with E-state index >= 15 is 0 Å². The van der Waals surface area contributed by atoms with Crippen molar-refractivity contribution in [3.63, 3.8) is 0 Å². The molecule has 1 aromatic rings. The van der Waals surface area contributed by atoms with E-state index in [1.54, 1.807) is 26.0 Å². The molecule has 1 nitrogen and oxygen atoms in total. The third-order valence-corrected chi connectivity index (χ3v) is 1.88. The Morgan fingerprint density at radius 2 is 1.92 bits per heavy atom. The summed E-state index contributed by atoms with van der Waals surface area (Å²) in [4.78, 5) is 0. The van der Waals surface area contributed by atoms with Crippen molar-refractivity contribution >= 4 is 0 Å². The summed E-state index contributed by atoms with van der Waals surface area (Å²) in [6, 6.07) is 3.44. The number of hydrogen-bond donors (Lipinski definition) is 1. The quantitative estimate of drug-likeness (QED) is 0.683. The van der Waals surface area contributed by atoms with Gasteiger partial charge in [-0.1, -0.05) is 17.7 Å². The highest BCUT2D eigenvalue weighted by Crippen LogP contribution is 2.20. The molecule has 1 N–H and O–H groups in total. The summed E-state index contributed by atoms with van der Waals surface area (Å²) in [5, 5.41) is 9.21. The van der Waals surface area contributed by atoms with Gasteiger partial charge in [-0.25, -0.2) is 4.39 Å². The molecule has 0 radical (unpaired) electrons. The fraction of sp³-hybridized carbons (Fsp3) is 0.400. The Balaban J connectivity index is 3.28. The Kier molecular flexibility index (Phi) is 2.48. The van der Waals surface area contributed by atoms with Crippen molar-refractivity contribution in [3.8, 4) is 0 Å². The van der Waals surface area contributed by atoms with Crippen LogP contribution in [-0.4, -0.2) is 5.11 Å². The van der Waals surface area contributed by atoms with E-state index in [0.717, 1.165) is 5.56 Å². The van der Waals surface area contributed by atoms with Crippen LogP contribution >= 0.6 is 0 Å². The zero-order valence-electron chi connectivity index (χ0n) is 7.56. The van der Waals surface area contributed by atoms with Gasteiger partial charge in [-0.3, -0.25) is 0 Å².